The van der Waals surface area contributed by atoms with Crippen LogP contribution in [-0.4, -0.2) is 49.2 Å². The van der Waals surface area contributed by atoms with Crippen molar-refractivity contribution < 1.29 is 19.1 Å². The molecule has 1 aromatic rings. The van der Waals surface area contributed by atoms with Crippen molar-refractivity contribution in [1.29, 1.82) is 0 Å². The van der Waals surface area contributed by atoms with Crippen LogP contribution in [0.1, 0.15) is 35.2 Å². The van der Waals surface area contributed by atoms with Crippen LogP contribution in [0, 0.1) is 0 Å². The first-order valence-corrected chi connectivity index (χ1v) is 8.54. The Bertz CT molecular complexity index is 831. The molecule has 0 spiro atoms. The van der Waals surface area contributed by atoms with E-state index in [0.717, 1.165) is 5.57 Å². The van der Waals surface area contributed by atoms with Crippen molar-refractivity contribution in [2.75, 3.05) is 20.7 Å². The number of methoxy groups -OCH3 is 1. The minimum atomic E-state index is -0.713. The second-order valence-electron chi connectivity index (χ2n) is 6.43. The average molecular weight is 382 g/mol. The fourth-order valence-electron chi connectivity index (χ4n) is 3.81. The summed E-state index contributed by atoms with van der Waals surface area (Å²) in [6, 6.07) is 2.35. The summed E-state index contributed by atoms with van der Waals surface area (Å²) in [4.78, 5) is 39.6. The van der Waals surface area contributed by atoms with E-state index in [1.165, 1.54) is 13.2 Å². The summed E-state index contributed by atoms with van der Waals surface area (Å²) in [6.45, 7) is 2.29. The number of hydrogen-bond donors (Lipinski definition) is 0. The molecule has 0 radical (unpaired) electrons. The van der Waals surface area contributed by atoms with E-state index in [1.54, 1.807) is 13.1 Å². The zero-order valence-corrected chi connectivity index (χ0v) is 15.6. The molecule has 0 saturated heterocycles. The van der Waals surface area contributed by atoms with Gasteiger partial charge in [0.15, 0.2) is 11.6 Å². The molecule has 1 aromatic carbocycles. The van der Waals surface area contributed by atoms with Gasteiger partial charge in [0.2, 0.25) is 0 Å². The van der Waals surface area contributed by atoms with E-state index in [9.17, 15) is 14.4 Å². The van der Waals surface area contributed by atoms with E-state index in [1.807, 2.05) is 11.8 Å². The van der Waals surface area contributed by atoms with Gasteiger partial charge in [0, 0.05) is 23.6 Å². The Kier molecular flexibility index (Phi) is 4.75. The average Bonchev–Trinajstić information content (AvgIpc) is 2.64. The van der Waals surface area contributed by atoms with Gasteiger partial charge in [0.25, 0.3) is 0 Å². The predicted octanol–water partition coefficient (Wildman–Crippen LogP) is 3.04. The highest BCUT2D eigenvalue weighted by molar-refractivity contribution is 6.42. The van der Waals surface area contributed by atoms with Crippen molar-refractivity contribution in [2.45, 2.75) is 25.3 Å². The molecular weight excluding hydrogens is 365 g/mol. The Balaban J connectivity index is 2.34. The maximum atomic E-state index is 12.8. The van der Waals surface area contributed by atoms with E-state index in [4.69, 9.17) is 27.9 Å². The Hall–Kier alpha value is -1.69. The molecule has 0 aromatic heterocycles. The van der Waals surface area contributed by atoms with Crippen LogP contribution in [-0.2, 0) is 14.3 Å². The molecule has 2 aliphatic rings. The number of ether oxygens (including phenoxy) is 1. The van der Waals surface area contributed by atoms with E-state index in [0.29, 0.717) is 23.2 Å². The zero-order chi connectivity index (χ0) is 18.5. The molecule has 25 heavy (non-hydrogen) atoms. The van der Waals surface area contributed by atoms with Crippen molar-refractivity contribution >= 4 is 40.7 Å². The molecule has 1 aliphatic carbocycles. The maximum Gasteiger partial charge on any atom is 0.324 e. The summed E-state index contributed by atoms with van der Waals surface area (Å²) in [7, 11) is 3.09. The van der Waals surface area contributed by atoms with Crippen LogP contribution in [0.3, 0.4) is 0 Å². The van der Waals surface area contributed by atoms with Crippen LogP contribution < -0.4 is 0 Å². The molecule has 0 N–H and O–H groups in total. The van der Waals surface area contributed by atoms with Gasteiger partial charge in [0.1, 0.15) is 6.04 Å². The summed E-state index contributed by atoms with van der Waals surface area (Å²) in [5, 5.41) is 0.514. The normalized spacial score (nSPS) is 23.9. The van der Waals surface area contributed by atoms with Crippen LogP contribution >= 0.6 is 23.2 Å². The van der Waals surface area contributed by atoms with Crippen LogP contribution in [0.25, 0.3) is 0 Å². The third-order valence-corrected chi connectivity index (χ3v) is 5.56. The highest BCUT2D eigenvalue weighted by Gasteiger charge is 2.46. The first kappa shape index (κ1) is 18.1. The third-order valence-electron chi connectivity index (χ3n) is 4.84. The van der Waals surface area contributed by atoms with Crippen LogP contribution in [0.5, 0.6) is 0 Å². The van der Waals surface area contributed by atoms with E-state index in [2.05, 4.69) is 0 Å². The number of benzene rings is 1. The number of nitrogens with zero attached hydrogens (tertiary/aromatic N) is 1. The Labute approximate surface area is 155 Å². The molecule has 7 heteroatoms. The van der Waals surface area contributed by atoms with Crippen molar-refractivity contribution in [3.8, 4) is 0 Å². The smallest absolute Gasteiger partial charge is 0.324 e. The van der Waals surface area contributed by atoms with Gasteiger partial charge in [-0.1, -0.05) is 28.8 Å². The quantitative estimate of drug-likeness (QED) is 0.552. The van der Waals surface area contributed by atoms with Gasteiger partial charge in [0.05, 0.1) is 23.6 Å². The van der Waals surface area contributed by atoms with E-state index < -0.39 is 17.9 Å². The highest BCUT2D eigenvalue weighted by atomic mass is 35.5. The van der Waals surface area contributed by atoms with Crippen LogP contribution in [0.15, 0.2) is 23.3 Å². The number of rotatable bonds is 1. The summed E-state index contributed by atoms with van der Waals surface area (Å²) in [6.07, 6.45) is -0.244. The van der Waals surface area contributed by atoms with Gasteiger partial charge in [-0.25, -0.2) is 0 Å². The topological polar surface area (TPSA) is 63.7 Å². The number of carbonyl (C=O) groups excluding carboxylic acids is 3. The molecule has 3 rings (SSSR count). The second kappa shape index (κ2) is 6.56. The van der Waals surface area contributed by atoms with Crippen LogP contribution in [0.2, 0.25) is 10.0 Å². The number of Topliss-reactive ketones (excluding diaryl/α,β-unsaturated/α-hetero) is 2. The fourth-order valence-corrected chi connectivity index (χ4v) is 4.14. The molecule has 0 saturated carbocycles. The van der Waals surface area contributed by atoms with Crippen molar-refractivity contribution in [2.24, 2.45) is 0 Å². The SMILES string of the molecule is COC(=O)C1C2C(=C(C)CN1C)C(=O)CC(=O)c1cc(Cl)c(Cl)cc12. The first-order chi connectivity index (χ1) is 11.8. The standard InChI is InChI=1S/C18H17Cl2NO4/c1-8-7-21(2)17(18(24)25-3)16-10-5-12(20)11(19)4-9(10)13(22)6-14(23)15(8)16/h4-5,16-17H,6-7H2,1-3H3. The Morgan fingerprint density at radius 1 is 1.20 bits per heavy atom. The van der Waals surface area contributed by atoms with Crippen molar-refractivity contribution in [3.63, 3.8) is 0 Å². The lowest BCUT2D eigenvalue weighted by Gasteiger charge is -2.39. The molecule has 1 aliphatic heterocycles. The van der Waals surface area contributed by atoms with Crippen LogP contribution in [0.4, 0.5) is 0 Å². The van der Waals surface area contributed by atoms with Gasteiger partial charge in [-0.05, 0) is 31.7 Å². The number of fused-ring (bicyclic) bond motifs is 3. The molecule has 132 valence electrons. The van der Waals surface area contributed by atoms with Crippen molar-refractivity contribution in [1.82, 2.24) is 4.90 Å². The van der Waals surface area contributed by atoms with E-state index in [-0.39, 0.29) is 28.0 Å². The Morgan fingerprint density at radius 2 is 1.84 bits per heavy atom. The molecular formula is C18H17Cl2NO4. The summed E-state index contributed by atoms with van der Waals surface area (Å²) < 4.78 is 4.96. The maximum absolute atomic E-state index is 12.8. The number of ketones is 2. The molecule has 5 nitrogen and oxygen atoms in total. The molecule has 2 unspecified atom stereocenters. The minimum absolute atomic E-state index is 0.240. The molecule has 0 amide bonds. The number of halogens is 2. The Morgan fingerprint density at radius 3 is 2.48 bits per heavy atom. The number of hydrogen-bond acceptors (Lipinski definition) is 5. The largest absolute Gasteiger partial charge is 0.468 e. The van der Waals surface area contributed by atoms with Gasteiger partial charge in [-0.2, -0.15) is 0 Å². The lowest BCUT2D eigenvalue weighted by Crippen LogP contribution is -2.49. The summed E-state index contributed by atoms with van der Waals surface area (Å²) >= 11 is 12.3. The highest BCUT2D eigenvalue weighted by Crippen LogP contribution is 2.43. The lowest BCUT2D eigenvalue weighted by atomic mass is 9.77. The van der Waals surface area contributed by atoms with Crippen molar-refractivity contribution in [3.05, 3.63) is 44.5 Å². The van der Waals surface area contributed by atoms with E-state index >= 15 is 0 Å². The predicted molar refractivity (Wildman–Crippen MR) is 94.3 cm³/mol. The monoisotopic (exact) mass is 381 g/mol. The number of esters is 1. The molecule has 1 heterocycles. The lowest BCUT2D eigenvalue weighted by molar-refractivity contribution is -0.147. The molecule has 0 fully saturated rings. The third kappa shape index (κ3) is 2.90. The first-order valence-electron chi connectivity index (χ1n) is 7.79. The van der Waals surface area contributed by atoms with Gasteiger partial charge < -0.3 is 4.74 Å². The van der Waals surface area contributed by atoms with Gasteiger partial charge in [-0.15, -0.1) is 0 Å². The second-order valence-corrected chi connectivity index (χ2v) is 7.25. The number of likely N-dealkylation sites (N-methyl/N-ethyl adjacent to an activating group) is 1. The summed E-state index contributed by atoms with van der Waals surface area (Å²) in [5.41, 5.74) is 2.21. The zero-order valence-electron chi connectivity index (χ0n) is 14.1. The number of carbonyl (C=O) groups is 3. The molecule has 2 atom stereocenters. The molecule has 0 bridgehead atoms. The fraction of sp³-hybridized carbons (Fsp3) is 0.389. The van der Waals surface area contributed by atoms with Gasteiger partial charge >= 0.3 is 5.97 Å². The summed E-state index contributed by atoms with van der Waals surface area (Å²) in [5.74, 6) is -1.66. The van der Waals surface area contributed by atoms with Gasteiger partial charge in [-0.3, -0.25) is 19.3 Å². The minimum Gasteiger partial charge on any atom is -0.468 e.